The van der Waals surface area contributed by atoms with Crippen molar-refractivity contribution < 1.29 is 28.5 Å². The van der Waals surface area contributed by atoms with Crippen LogP contribution in [0, 0.1) is 0 Å². The Kier molecular flexibility index (Phi) is 10.6. The molecule has 0 unspecified atom stereocenters. The molecule has 0 saturated heterocycles. The van der Waals surface area contributed by atoms with E-state index in [9.17, 15) is 9.59 Å². The molecule has 1 aliphatic heterocycles. The number of ether oxygens (including phenoxy) is 5. The minimum Gasteiger partial charge on any atom is -0.493 e. The van der Waals surface area contributed by atoms with Crippen molar-refractivity contribution >= 4 is 50.9 Å². The monoisotopic (exact) mass is 726 g/mol. The van der Waals surface area contributed by atoms with Crippen LogP contribution in [0.4, 0.5) is 0 Å². The van der Waals surface area contributed by atoms with Gasteiger partial charge in [0.15, 0.2) is 27.8 Å². The summed E-state index contributed by atoms with van der Waals surface area (Å²) in [6, 6.07) is 15.8. The molecular weight excluding hydrogens is 696 g/mol. The van der Waals surface area contributed by atoms with Crippen LogP contribution in [0.5, 0.6) is 23.0 Å². The summed E-state index contributed by atoms with van der Waals surface area (Å²) >= 11 is 11.5. The molecule has 0 N–H and O–H groups in total. The second kappa shape index (κ2) is 14.6. The number of aromatic nitrogens is 1. The Morgan fingerprint density at radius 2 is 1.76 bits per heavy atom. The third kappa shape index (κ3) is 6.72. The van der Waals surface area contributed by atoms with Crippen molar-refractivity contribution in [3.8, 4) is 23.0 Å². The Bertz CT molecular complexity index is 1990. The van der Waals surface area contributed by atoms with Gasteiger partial charge in [0.1, 0.15) is 6.61 Å². The molecule has 0 radical (unpaired) electrons. The molecule has 9 nitrogen and oxygen atoms in total. The fourth-order valence-electron chi connectivity index (χ4n) is 5.12. The predicted octanol–water partition coefficient (Wildman–Crippen LogP) is 6.21. The van der Waals surface area contributed by atoms with Crippen LogP contribution in [-0.2, 0) is 16.1 Å². The SMILES string of the molecule is CCOC(=O)C1=C(C)N=c2s/c(=C/c3cc(Cl)c(OCc4ccccc4)c(OC)c3)c(=O)n2[C@H]1c1cc(OC)c(OCC)cc1Br. The smallest absolute Gasteiger partial charge is 0.338 e. The summed E-state index contributed by atoms with van der Waals surface area (Å²) in [5.74, 6) is 1.23. The van der Waals surface area contributed by atoms with Crippen LogP contribution < -0.4 is 33.8 Å². The molecule has 240 valence electrons. The van der Waals surface area contributed by atoms with E-state index in [2.05, 4.69) is 20.9 Å². The van der Waals surface area contributed by atoms with Crippen molar-refractivity contribution in [1.29, 1.82) is 0 Å². The zero-order chi connectivity index (χ0) is 33.0. The number of nitrogens with zero attached hydrogens (tertiary/aromatic N) is 2. The number of fused-ring (bicyclic) bond motifs is 1. The molecule has 3 aromatic carbocycles. The molecule has 1 aromatic heterocycles. The van der Waals surface area contributed by atoms with Gasteiger partial charge in [-0.1, -0.05) is 69.2 Å². The lowest BCUT2D eigenvalue weighted by molar-refractivity contribution is -0.139. The molecule has 0 fully saturated rings. The fraction of sp³-hybridized carbons (Fsp3) is 0.265. The molecule has 46 heavy (non-hydrogen) atoms. The van der Waals surface area contributed by atoms with Crippen molar-refractivity contribution in [1.82, 2.24) is 4.57 Å². The first kappa shape index (κ1) is 33.3. The molecule has 0 amide bonds. The molecule has 4 aromatic rings. The number of halogens is 2. The molecule has 0 saturated carbocycles. The molecule has 2 heterocycles. The number of esters is 1. The standard InChI is InChI=1S/C34H32BrClN2O7S/c1-6-43-26-17-23(35)22(16-25(26)41-4)30-29(33(40)44-7-2)19(3)37-34-38(30)32(39)28(46-34)15-21-13-24(36)31(27(14-21)42-5)45-18-20-11-9-8-10-12-20/h8-17,30H,6-7,18H2,1-5H3/b28-15+/t30-/m0/s1. The lowest BCUT2D eigenvalue weighted by atomic mass is 9.95. The van der Waals surface area contributed by atoms with Gasteiger partial charge in [-0.05, 0) is 67.8 Å². The van der Waals surface area contributed by atoms with Gasteiger partial charge in [0.05, 0.1) is 54.3 Å². The summed E-state index contributed by atoms with van der Waals surface area (Å²) in [7, 11) is 3.06. The summed E-state index contributed by atoms with van der Waals surface area (Å²) in [6.45, 7) is 6.23. The van der Waals surface area contributed by atoms with E-state index < -0.39 is 12.0 Å². The van der Waals surface area contributed by atoms with Crippen molar-refractivity contribution in [2.45, 2.75) is 33.4 Å². The molecule has 1 aliphatic rings. The van der Waals surface area contributed by atoms with E-state index >= 15 is 0 Å². The fourth-order valence-corrected chi connectivity index (χ4v) is 6.98. The van der Waals surface area contributed by atoms with Gasteiger partial charge in [-0.25, -0.2) is 9.79 Å². The van der Waals surface area contributed by atoms with Gasteiger partial charge in [-0.15, -0.1) is 0 Å². The third-order valence-corrected chi connectivity index (χ3v) is 9.12. The summed E-state index contributed by atoms with van der Waals surface area (Å²) in [5, 5.41) is 0.332. The van der Waals surface area contributed by atoms with Crippen LogP contribution in [0.15, 0.2) is 80.1 Å². The number of allylic oxidation sites excluding steroid dienone is 1. The predicted molar refractivity (Wildman–Crippen MR) is 181 cm³/mol. The van der Waals surface area contributed by atoms with Crippen LogP contribution >= 0.6 is 38.9 Å². The largest absolute Gasteiger partial charge is 0.493 e. The van der Waals surface area contributed by atoms with Crippen LogP contribution in [-0.4, -0.2) is 38.0 Å². The maximum Gasteiger partial charge on any atom is 0.338 e. The topological polar surface area (TPSA) is 97.6 Å². The summed E-state index contributed by atoms with van der Waals surface area (Å²) in [5.41, 5.74) is 2.56. The lowest BCUT2D eigenvalue weighted by Crippen LogP contribution is -2.40. The molecule has 0 bridgehead atoms. The van der Waals surface area contributed by atoms with Crippen molar-refractivity contribution in [3.63, 3.8) is 0 Å². The number of methoxy groups -OCH3 is 2. The van der Waals surface area contributed by atoms with E-state index in [1.54, 1.807) is 44.2 Å². The second-order valence-corrected chi connectivity index (χ2v) is 12.3. The number of benzene rings is 3. The molecule has 5 rings (SSSR count). The first-order valence-electron chi connectivity index (χ1n) is 14.4. The van der Waals surface area contributed by atoms with E-state index in [0.717, 1.165) is 5.56 Å². The highest BCUT2D eigenvalue weighted by atomic mass is 79.9. The van der Waals surface area contributed by atoms with Crippen LogP contribution in [0.3, 0.4) is 0 Å². The van der Waals surface area contributed by atoms with Crippen molar-refractivity contribution in [2.24, 2.45) is 4.99 Å². The summed E-state index contributed by atoms with van der Waals surface area (Å²) in [4.78, 5) is 32.6. The van der Waals surface area contributed by atoms with Gasteiger partial charge >= 0.3 is 5.97 Å². The molecule has 1 atom stereocenters. The number of carbonyl (C=O) groups excluding carboxylic acids is 1. The Hall–Kier alpha value is -4.06. The van der Waals surface area contributed by atoms with Crippen molar-refractivity contribution in [3.05, 3.63) is 112 Å². The number of hydrogen-bond donors (Lipinski definition) is 0. The first-order valence-corrected chi connectivity index (χ1v) is 16.4. The zero-order valence-corrected chi connectivity index (χ0v) is 29.0. The summed E-state index contributed by atoms with van der Waals surface area (Å²) < 4.78 is 30.9. The average Bonchev–Trinajstić information content (AvgIpc) is 3.34. The van der Waals surface area contributed by atoms with Gasteiger partial charge < -0.3 is 23.7 Å². The Balaban J connectivity index is 1.63. The number of carbonyl (C=O) groups is 1. The minimum absolute atomic E-state index is 0.161. The highest BCUT2D eigenvalue weighted by molar-refractivity contribution is 9.10. The average molecular weight is 728 g/mol. The maximum atomic E-state index is 14.2. The number of thiazole rings is 1. The quantitative estimate of drug-likeness (QED) is 0.170. The lowest BCUT2D eigenvalue weighted by Gasteiger charge is -2.26. The van der Waals surface area contributed by atoms with Crippen LogP contribution in [0.25, 0.3) is 6.08 Å². The van der Waals surface area contributed by atoms with Gasteiger partial charge in [0, 0.05) is 4.47 Å². The van der Waals surface area contributed by atoms with E-state index in [-0.39, 0.29) is 17.7 Å². The Labute approximate surface area is 283 Å². The molecule has 12 heteroatoms. The minimum atomic E-state index is -0.858. The molecule has 0 aliphatic carbocycles. The van der Waals surface area contributed by atoms with Crippen LogP contribution in [0.1, 0.15) is 43.5 Å². The molecular formula is C34H32BrClN2O7S. The zero-order valence-electron chi connectivity index (χ0n) is 25.9. The van der Waals surface area contributed by atoms with Gasteiger partial charge in [-0.3, -0.25) is 9.36 Å². The number of hydrogen-bond acceptors (Lipinski definition) is 9. The summed E-state index contributed by atoms with van der Waals surface area (Å²) in [6.07, 6.45) is 1.72. The van der Waals surface area contributed by atoms with Gasteiger partial charge in [0.2, 0.25) is 0 Å². The second-order valence-electron chi connectivity index (χ2n) is 10.1. The first-order chi connectivity index (χ1) is 22.2. The van der Waals surface area contributed by atoms with E-state index in [4.69, 9.17) is 35.3 Å². The highest BCUT2D eigenvalue weighted by Gasteiger charge is 2.35. The van der Waals surface area contributed by atoms with Gasteiger partial charge in [-0.2, -0.15) is 0 Å². The number of rotatable bonds is 11. The third-order valence-electron chi connectivity index (χ3n) is 7.17. The maximum absolute atomic E-state index is 14.2. The Morgan fingerprint density at radius 1 is 1.02 bits per heavy atom. The normalized spacial score (nSPS) is 14.4. The van der Waals surface area contributed by atoms with E-state index in [1.807, 2.05) is 37.3 Å². The van der Waals surface area contributed by atoms with Gasteiger partial charge in [0.25, 0.3) is 5.56 Å². The van der Waals surface area contributed by atoms with Crippen LogP contribution in [0.2, 0.25) is 5.02 Å². The van der Waals surface area contributed by atoms with E-state index in [1.165, 1.54) is 30.1 Å². The van der Waals surface area contributed by atoms with Crippen molar-refractivity contribution in [2.75, 3.05) is 27.4 Å². The highest BCUT2D eigenvalue weighted by Crippen LogP contribution is 2.41. The Morgan fingerprint density at radius 3 is 2.43 bits per heavy atom. The van der Waals surface area contributed by atoms with E-state index in [0.29, 0.717) is 71.9 Å². The molecule has 0 spiro atoms.